The molecule has 0 saturated heterocycles. The number of aromatic nitrogens is 1. The van der Waals surface area contributed by atoms with E-state index in [9.17, 15) is 9.18 Å². The molecule has 2 aromatic carbocycles. The fraction of sp³-hybridized carbons (Fsp3) is 0.300. The van der Waals surface area contributed by atoms with Gasteiger partial charge >= 0.3 is 0 Å². The Labute approximate surface area is 161 Å². The second kappa shape index (κ2) is 8.92. The summed E-state index contributed by atoms with van der Waals surface area (Å²) in [5.41, 5.74) is 1.40. The maximum absolute atomic E-state index is 14.6. The minimum absolute atomic E-state index is 0.0926. The summed E-state index contributed by atoms with van der Waals surface area (Å²) in [6.07, 6.45) is 1.60. The molecule has 0 unspecified atom stereocenters. The number of fused-ring (bicyclic) bond motifs is 1. The number of unbranched alkanes of at least 4 members (excludes halogenated alkanes) is 1. The van der Waals surface area contributed by atoms with Crippen LogP contribution >= 0.6 is 11.3 Å². The Bertz CT molecular complexity index is 942. The first-order valence-electron chi connectivity index (χ1n) is 8.67. The van der Waals surface area contributed by atoms with Gasteiger partial charge in [0.1, 0.15) is 0 Å². The minimum Gasteiger partial charge on any atom is -0.490 e. The molecule has 1 N–H and O–H groups in total. The first-order valence-corrected chi connectivity index (χ1v) is 9.49. The normalized spacial score (nSPS) is 10.9. The quantitative estimate of drug-likeness (QED) is 0.563. The highest BCUT2D eigenvalue weighted by Gasteiger charge is 2.14. The highest BCUT2D eigenvalue weighted by molar-refractivity contribution is 7.18. The number of nitrogens with zero attached hydrogens (tertiary/aromatic N) is 1. The van der Waals surface area contributed by atoms with Gasteiger partial charge in [-0.2, -0.15) is 0 Å². The third-order valence-electron chi connectivity index (χ3n) is 3.97. The number of aryl methyl sites for hydroxylation is 1. The van der Waals surface area contributed by atoms with Crippen LogP contribution in [0, 0.1) is 12.7 Å². The lowest BCUT2D eigenvalue weighted by atomic mass is 10.2. The number of methoxy groups -OCH3 is 1. The number of anilines is 1. The van der Waals surface area contributed by atoms with Crippen LogP contribution in [0.2, 0.25) is 0 Å². The standard InChI is InChI=1S/C20H21FN2O3S/c1-13-22-15-9-8-14(12-18(15)27-13)20(24)23-16-6-5-7-17(19(16)21)26-11-4-3-10-25-2/h5-9,12H,3-4,10-11H2,1-2H3,(H,23,24). The summed E-state index contributed by atoms with van der Waals surface area (Å²) in [6, 6.07) is 9.96. The summed E-state index contributed by atoms with van der Waals surface area (Å²) in [6.45, 7) is 2.95. The van der Waals surface area contributed by atoms with Crippen molar-refractivity contribution in [3.8, 4) is 5.75 Å². The minimum atomic E-state index is -0.577. The zero-order valence-corrected chi connectivity index (χ0v) is 16.1. The lowest BCUT2D eigenvalue weighted by Gasteiger charge is -2.11. The molecule has 7 heteroatoms. The van der Waals surface area contributed by atoms with Gasteiger partial charge in [-0.25, -0.2) is 9.37 Å². The summed E-state index contributed by atoms with van der Waals surface area (Å²) in [5.74, 6) is -0.829. The molecule has 0 radical (unpaired) electrons. The van der Waals surface area contributed by atoms with Crippen LogP contribution in [0.15, 0.2) is 36.4 Å². The Morgan fingerprint density at radius 2 is 2.04 bits per heavy atom. The molecule has 0 aliphatic rings. The van der Waals surface area contributed by atoms with Crippen LogP contribution in [0.1, 0.15) is 28.2 Å². The second-order valence-corrected chi connectivity index (χ2v) is 7.27. The van der Waals surface area contributed by atoms with Gasteiger partial charge in [-0.3, -0.25) is 4.79 Å². The highest BCUT2D eigenvalue weighted by atomic mass is 32.1. The number of hydrogen-bond donors (Lipinski definition) is 1. The molecule has 0 spiro atoms. The van der Waals surface area contributed by atoms with Crippen LogP contribution in [-0.4, -0.2) is 31.2 Å². The van der Waals surface area contributed by atoms with Crippen LogP contribution in [0.4, 0.5) is 10.1 Å². The molecule has 1 amide bonds. The average molecular weight is 388 g/mol. The van der Waals surface area contributed by atoms with E-state index in [2.05, 4.69) is 10.3 Å². The Hall–Kier alpha value is -2.51. The van der Waals surface area contributed by atoms with Crippen molar-refractivity contribution >= 4 is 33.1 Å². The third-order valence-corrected chi connectivity index (χ3v) is 4.90. The summed E-state index contributed by atoms with van der Waals surface area (Å²) in [5, 5.41) is 3.55. The lowest BCUT2D eigenvalue weighted by Crippen LogP contribution is -2.13. The first-order chi connectivity index (χ1) is 13.1. The largest absolute Gasteiger partial charge is 0.490 e. The molecule has 0 atom stereocenters. The predicted molar refractivity (Wildman–Crippen MR) is 105 cm³/mol. The van der Waals surface area contributed by atoms with E-state index in [1.54, 1.807) is 37.4 Å². The number of ether oxygens (including phenoxy) is 2. The van der Waals surface area contributed by atoms with Gasteiger partial charge in [0, 0.05) is 19.3 Å². The van der Waals surface area contributed by atoms with Crippen molar-refractivity contribution in [1.82, 2.24) is 4.98 Å². The number of benzene rings is 2. The molecular formula is C20H21FN2O3S. The molecule has 0 saturated carbocycles. The Balaban J connectivity index is 1.68. The van der Waals surface area contributed by atoms with E-state index in [1.807, 2.05) is 6.92 Å². The molecule has 3 aromatic rings. The number of rotatable bonds is 8. The van der Waals surface area contributed by atoms with Crippen LogP contribution in [0.25, 0.3) is 10.2 Å². The monoisotopic (exact) mass is 388 g/mol. The summed E-state index contributed by atoms with van der Waals surface area (Å²) in [7, 11) is 1.64. The molecule has 27 heavy (non-hydrogen) atoms. The number of halogens is 1. The molecule has 0 bridgehead atoms. The smallest absolute Gasteiger partial charge is 0.255 e. The zero-order chi connectivity index (χ0) is 19.2. The topological polar surface area (TPSA) is 60.5 Å². The van der Waals surface area contributed by atoms with E-state index < -0.39 is 5.82 Å². The van der Waals surface area contributed by atoms with Crippen molar-refractivity contribution in [3.63, 3.8) is 0 Å². The van der Waals surface area contributed by atoms with Gasteiger partial charge in [-0.1, -0.05) is 6.07 Å². The van der Waals surface area contributed by atoms with Crippen LogP contribution < -0.4 is 10.1 Å². The molecule has 5 nitrogen and oxygen atoms in total. The van der Waals surface area contributed by atoms with Crippen LogP contribution in [-0.2, 0) is 4.74 Å². The fourth-order valence-electron chi connectivity index (χ4n) is 2.62. The number of amides is 1. The number of carbonyl (C=O) groups is 1. The number of nitrogens with one attached hydrogen (secondary N) is 1. The van der Waals surface area contributed by atoms with Gasteiger partial charge in [-0.05, 0) is 50.1 Å². The van der Waals surface area contributed by atoms with E-state index in [-0.39, 0.29) is 17.3 Å². The summed E-state index contributed by atoms with van der Waals surface area (Å²) < 4.78 is 26.0. The van der Waals surface area contributed by atoms with E-state index in [1.165, 1.54) is 17.4 Å². The SMILES string of the molecule is COCCCCOc1cccc(NC(=O)c2ccc3nc(C)sc3c2)c1F. The number of hydrogen-bond acceptors (Lipinski definition) is 5. The van der Waals surface area contributed by atoms with Gasteiger partial charge in [0.25, 0.3) is 5.91 Å². The Kier molecular flexibility index (Phi) is 6.36. The van der Waals surface area contributed by atoms with Crippen molar-refractivity contribution < 1.29 is 18.7 Å². The van der Waals surface area contributed by atoms with Crippen LogP contribution in [0.3, 0.4) is 0 Å². The third kappa shape index (κ3) is 4.81. The van der Waals surface area contributed by atoms with Gasteiger partial charge < -0.3 is 14.8 Å². The van der Waals surface area contributed by atoms with E-state index in [0.29, 0.717) is 18.8 Å². The van der Waals surface area contributed by atoms with Crippen molar-refractivity contribution in [1.29, 1.82) is 0 Å². The lowest BCUT2D eigenvalue weighted by molar-refractivity contribution is 0.102. The van der Waals surface area contributed by atoms with Crippen molar-refractivity contribution in [2.45, 2.75) is 19.8 Å². The first kappa shape index (κ1) is 19.3. The van der Waals surface area contributed by atoms with Gasteiger partial charge in [0.05, 0.1) is 27.5 Å². The zero-order valence-electron chi connectivity index (χ0n) is 15.3. The summed E-state index contributed by atoms with van der Waals surface area (Å²) in [4.78, 5) is 16.9. The maximum atomic E-state index is 14.6. The van der Waals surface area contributed by atoms with E-state index in [4.69, 9.17) is 9.47 Å². The predicted octanol–water partition coefficient (Wildman–Crippen LogP) is 4.80. The van der Waals surface area contributed by atoms with Crippen molar-refractivity contribution in [3.05, 3.63) is 52.8 Å². The van der Waals surface area contributed by atoms with Gasteiger partial charge in [0.2, 0.25) is 0 Å². The molecular weight excluding hydrogens is 367 g/mol. The van der Waals surface area contributed by atoms with E-state index in [0.717, 1.165) is 28.1 Å². The molecule has 3 rings (SSSR count). The molecule has 0 aliphatic heterocycles. The highest BCUT2D eigenvalue weighted by Crippen LogP contribution is 2.26. The Morgan fingerprint density at radius 3 is 2.85 bits per heavy atom. The Morgan fingerprint density at radius 1 is 1.22 bits per heavy atom. The van der Waals surface area contributed by atoms with Gasteiger partial charge in [0.15, 0.2) is 11.6 Å². The maximum Gasteiger partial charge on any atom is 0.255 e. The molecule has 0 fully saturated rings. The number of carbonyl (C=O) groups excluding carboxylic acids is 1. The summed E-state index contributed by atoms with van der Waals surface area (Å²) >= 11 is 1.52. The average Bonchev–Trinajstić information content (AvgIpc) is 3.03. The molecule has 1 aromatic heterocycles. The fourth-order valence-corrected chi connectivity index (χ4v) is 3.49. The molecule has 142 valence electrons. The molecule has 0 aliphatic carbocycles. The second-order valence-electron chi connectivity index (χ2n) is 6.04. The van der Waals surface area contributed by atoms with Gasteiger partial charge in [-0.15, -0.1) is 11.3 Å². The number of thiazole rings is 1. The molecule has 1 heterocycles. The van der Waals surface area contributed by atoms with Crippen molar-refractivity contribution in [2.75, 3.05) is 25.6 Å². The van der Waals surface area contributed by atoms with Crippen molar-refractivity contribution in [2.24, 2.45) is 0 Å². The van der Waals surface area contributed by atoms with Crippen LogP contribution in [0.5, 0.6) is 5.75 Å². The van der Waals surface area contributed by atoms with E-state index >= 15 is 0 Å².